The van der Waals surface area contributed by atoms with Gasteiger partial charge in [-0.1, -0.05) is 19.8 Å². The lowest BCUT2D eigenvalue weighted by Crippen LogP contribution is -2.48. The van der Waals surface area contributed by atoms with Gasteiger partial charge in [0, 0.05) is 12.6 Å². The van der Waals surface area contributed by atoms with E-state index < -0.39 is 5.97 Å². The first kappa shape index (κ1) is 15.0. The van der Waals surface area contributed by atoms with Gasteiger partial charge in [0.05, 0.1) is 12.5 Å². The zero-order valence-corrected chi connectivity index (χ0v) is 11.3. The second-order valence-electron chi connectivity index (χ2n) is 4.94. The summed E-state index contributed by atoms with van der Waals surface area (Å²) in [5, 5.41) is 11.7. The Morgan fingerprint density at radius 3 is 2.50 bits per heavy atom. The van der Waals surface area contributed by atoms with Gasteiger partial charge in [0.25, 0.3) is 0 Å². The van der Waals surface area contributed by atoms with Crippen molar-refractivity contribution < 1.29 is 14.7 Å². The standard InChI is InChI=1S/C13H24N2O3/c1-3-15(9-8-12(16)17)10(2)13(18)14-11-6-4-5-7-11/h10-11H,3-9H2,1-2H3,(H,14,18)(H,16,17). The Morgan fingerprint density at radius 2 is 2.00 bits per heavy atom. The molecule has 1 saturated carbocycles. The van der Waals surface area contributed by atoms with Crippen molar-refractivity contribution in [3.63, 3.8) is 0 Å². The van der Waals surface area contributed by atoms with Gasteiger partial charge in [-0.15, -0.1) is 0 Å². The Morgan fingerprint density at radius 1 is 1.39 bits per heavy atom. The molecule has 0 spiro atoms. The molecule has 1 aliphatic carbocycles. The van der Waals surface area contributed by atoms with Crippen molar-refractivity contribution >= 4 is 11.9 Å². The zero-order chi connectivity index (χ0) is 13.5. The van der Waals surface area contributed by atoms with E-state index in [-0.39, 0.29) is 18.4 Å². The maximum Gasteiger partial charge on any atom is 0.304 e. The predicted octanol–water partition coefficient (Wildman–Crippen LogP) is 1.23. The summed E-state index contributed by atoms with van der Waals surface area (Å²) >= 11 is 0. The van der Waals surface area contributed by atoms with Crippen LogP contribution in [0.25, 0.3) is 0 Å². The van der Waals surface area contributed by atoms with E-state index in [9.17, 15) is 9.59 Å². The molecule has 18 heavy (non-hydrogen) atoms. The molecule has 2 N–H and O–H groups in total. The highest BCUT2D eigenvalue weighted by Crippen LogP contribution is 2.17. The summed E-state index contributed by atoms with van der Waals surface area (Å²) in [4.78, 5) is 24.5. The zero-order valence-electron chi connectivity index (χ0n) is 11.3. The van der Waals surface area contributed by atoms with Crippen molar-refractivity contribution in [1.82, 2.24) is 10.2 Å². The van der Waals surface area contributed by atoms with E-state index in [1.807, 2.05) is 18.7 Å². The summed E-state index contributed by atoms with van der Waals surface area (Å²) in [7, 11) is 0. The van der Waals surface area contributed by atoms with Gasteiger partial charge in [0.1, 0.15) is 0 Å². The number of amides is 1. The number of hydrogen-bond acceptors (Lipinski definition) is 3. The van der Waals surface area contributed by atoms with Gasteiger partial charge < -0.3 is 10.4 Å². The molecule has 1 unspecified atom stereocenters. The van der Waals surface area contributed by atoms with Gasteiger partial charge >= 0.3 is 5.97 Å². The highest BCUT2D eigenvalue weighted by molar-refractivity contribution is 5.81. The van der Waals surface area contributed by atoms with Crippen molar-refractivity contribution in [1.29, 1.82) is 0 Å². The minimum absolute atomic E-state index is 0.0224. The average molecular weight is 256 g/mol. The Labute approximate surface area is 109 Å². The minimum Gasteiger partial charge on any atom is -0.481 e. The van der Waals surface area contributed by atoms with Crippen molar-refractivity contribution in [3.8, 4) is 0 Å². The number of nitrogens with one attached hydrogen (secondary N) is 1. The van der Waals surface area contributed by atoms with Gasteiger partial charge in [0.15, 0.2) is 0 Å². The first-order valence-electron chi connectivity index (χ1n) is 6.80. The average Bonchev–Trinajstić information content (AvgIpc) is 2.81. The number of carboxylic acids is 1. The van der Waals surface area contributed by atoms with E-state index in [1.165, 1.54) is 12.8 Å². The maximum absolute atomic E-state index is 12.0. The van der Waals surface area contributed by atoms with Crippen LogP contribution < -0.4 is 5.32 Å². The fraction of sp³-hybridized carbons (Fsp3) is 0.846. The second kappa shape index (κ2) is 7.36. The first-order chi connectivity index (χ1) is 8.54. The Hall–Kier alpha value is -1.10. The molecule has 1 fully saturated rings. The van der Waals surface area contributed by atoms with Crippen molar-refractivity contribution in [2.75, 3.05) is 13.1 Å². The van der Waals surface area contributed by atoms with Crippen LogP contribution in [-0.2, 0) is 9.59 Å². The lowest BCUT2D eigenvalue weighted by molar-refractivity contribution is -0.138. The summed E-state index contributed by atoms with van der Waals surface area (Å²) in [5.41, 5.74) is 0. The number of nitrogens with zero attached hydrogens (tertiary/aromatic N) is 1. The Balaban J connectivity index is 2.40. The molecule has 1 rings (SSSR count). The lowest BCUT2D eigenvalue weighted by Gasteiger charge is -2.27. The third-order valence-electron chi connectivity index (χ3n) is 3.65. The number of rotatable bonds is 7. The summed E-state index contributed by atoms with van der Waals surface area (Å²) in [6, 6.07) is 0.0630. The monoisotopic (exact) mass is 256 g/mol. The Kier molecular flexibility index (Phi) is 6.12. The summed E-state index contributed by atoms with van der Waals surface area (Å²) in [6.45, 7) is 4.90. The molecule has 0 aromatic heterocycles. The van der Waals surface area contributed by atoms with Crippen LogP contribution in [0.5, 0.6) is 0 Å². The van der Waals surface area contributed by atoms with Crippen LogP contribution in [0.1, 0.15) is 46.0 Å². The van der Waals surface area contributed by atoms with E-state index in [1.54, 1.807) is 0 Å². The van der Waals surface area contributed by atoms with Crippen molar-refractivity contribution in [2.45, 2.75) is 58.0 Å². The molecule has 5 heteroatoms. The lowest BCUT2D eigenvalue weighted by atomic mass is 10.2. The van der Waals surface area contributed by atoms with Gasteiger partial charge in [-0.3, -0.25) is 14.5 Å². The topological polar surface area (TPSA) is 69.6 Å². The van der Waals surface area contributed by atoms with Crippen LogP contribution in [0.4, 0.5) is 0 Å². The third kappa shape index (κ3) is 4.64. The van der Waals surface area contributed by atoms with E-state index >= 15 is 0 Å². The summed E-state index contributed by atoms with van der Waals surface area (Å²) < 4.78 is 0. The number of likely N-dealkylation sites (N-methyl/N-ethyl adjacent to an activating group) is 1. The van der Waals surface area contributed by atoms with Crippen LogP contribution in [0.3, 0.4) is 0 Å². The quantitative estimate of drug-likeness (QED) is 0.719. The first-order valence-corrected chi connectivity index (χ1v) is 6.80. The molecule has 0 aliphatic heterocycles. The third-order valence-corrected chi connectivity index (χ3v) is 3.65. The number of aliphatic carboxylic acids is 1. The predicted molar refractivity (Wildman–Crippen MR) is 69.4 cm³/mol. The van der Waals surface area contributed by atoms with Crippen LogP contribution in [0, 0.1) is 0 Å². The number of hydrogen-bond donors (Lipinski definition) is 2. The molecule has 1 aliphatic rings. The highest BCUT2D eigenvalue weighted by atomic mass is 16.4. The fourth-order valence-corrected chi connectivity index (χ4v) is 2.42. The molecule has 5 nitrogen and oxygen atoms in total. The van der Waals surface area contributed by atoms with Crippen LogP contribution in [0.2, 0.25) is 0 Å². The largest absolute Gasteiger partial charge is 0.481 e. The molecule has 0 heterocycles. The fourth-order valence-electron chi connectivity index (χ4n) is 2.42. The van der Waals surface area contributed by atoms with E-state index in [4.69, 9.17) is 5.11 Å². The van der Waals surface area contributed by atoms with E-state index in [2.05, 4.69) is 5.32 Å². The molecular formula is C13H24N2O3. The second-order valence-corrected chi connectivity index (χ2v) is 4.94. The molecule has 0 aromatic rings. The van der Waals surface area contributed by atoms with E-state index in [0.29, 0.717) is 19.1 Å². The molecule has 0 saturated heterocycles. The number of carboxylic acid groups (broad SMARTS) is 1. The number of carbonyl (C=O) groups is 2. The van der Waals surface area contributed by atoms with E-state index in [0.717, 1.165) is 12.8 Å². The molecule has 104 valence electrons. The highest BCUT2D eigenvalue weighted by Gasteiger charge is 2.24. The molecule has 0 radical (unpaired) electrons. The van der Waals surface area contributed by atoms with Crippen molar-refractivity contribution in [3.05, 3.63) is 0 Å². The maximum atomic E-state index is 12.0. The van der Waals surface area contributed by atoms with Crippen molar-refractivity contribution in [2.24, 2.45) is 0 Å². The van der Waals surface area contributed by atoms with Gasteiger partial charge in [-0.2, -0.15) is 0 Å². The normalized spacial score (nSPS) is 17.9. The molecular weight excluding hydrogens is 232 g/mol. The minimum atomic E-state index is -0.822. The van der Waals surface area contributed by atoms with Crippen LogP contribution in [-0.4, -0.2) is 47.1 Å². The van der Waals surface area contributed by atoms with Gasteiger partial charge in [0.2, 0.25) is 5.91 Å². The summed E-state index contributed by atoms with van der Waals surface area (Å²) in [6.07, 6.45) is 4.60. The van der Waals surface area contributed by atoms with Gasteiger partial charge in [-0.25, -0.2) is 0 Å². The SMILES string of the molecule is CCN(CCC(=O)O)C(C)C(=O)NC1CCCC1. The molecule has 1 amide bonds. The molecule has 0 bridgehead atoms. The Bertz CT molecular complexity index is 288. The van der Waals surface area contributed by atoms with Crippen LogP contribution in [0.15, 0.2) is 0 Å². The number of carbonyl (C=O) groups excluding carboxylic acids is 1. The summed E-state index contributed by atoms with van der Waals surface area (Å²) in [5.74, 6) is -0.800. The van der Waals surface area contributed by atoms with Gasteiger partial charge in [-0.05, 0) is 26.3 Å². The molecule has 1 atom stereocenters. The smallest absolute Gasteiger partial charge is 0.304 e. The van der Waals surface area contributed by atoms with Crippen LogP contribution >= 0.6 is 0 Å². The molecule has 0 aromatic carbocycles.